The molecule has 2 nitrogen and oxygen atoms in total. The molecule has 2 aromatic rings. The first-order valence-electron chi connectivity index (χ1n) is 6.47. The van der Waals surface area contributed by atoms with Crippen LogP contribution in [0.3, 0.4) is 0 Å². The van der Waals surface area contributed by atoms with E-state index in [2.05, 4.69) is 35.0 Å². The first kappa shape index (κ1) is 14.8. The molecule has 0 saturated carbocycles. The Bertz CT molecular complexity index is 624. The molecule has 3 heteroatoms. The van der Waals surface area contributed by atoms with Gasteiger partial charge in [-0.1, -0.05) is 45.8 Å². The molecule has 0 aromatic heterocycles. The maximum Gasteiger partial charge on any atom is 0.200 e. The van der Waals surface area contributed by atoms with Crippen molar-refractivity contribution in [3.63, 3.8) is 0 Å². The molecular weight excluding hydrogens is 316 g/mol. The number of carbonyl (C=O) groups is 1. The smallest absolute Gasteiger partial charge is 0.200 e. The number of hydrogen-bond donors (Lipinski definition) is 0. The number of carbonyl (C=O) groups excluding carboxylic acids is 1. The maximum absolute atomic E-state index is 12.1. The summed E-state index contributed by atoms with van der Waals surface area (Å²) in [5.74, 6) is 0.782. The second kappa shape index (κ2) is 6.23. The fraction of sp³-hybridized carbons (Fsp3) is 0.235. The molecule has 2 rings (SSSR count). The van der Waals surface area contributed by atoms with Gasteiger partial charge < -0.3 is 4.74 Å². The summed E-state index contributed by atoms with van der Waals surface area (Å²) in [7, 11) is 0. The predicted molar refractivity (Wildman–Crippen MR) is 84.6 cm³/mol. The largest absolute Gasteiger partial charge is 0.485 e. The number of halogens is 1. The van der Waals surface area contributed by atoms with Gasteiger partial charge in [-0.05, 0) is 44.0 Å². The number of aryl methyl sites for hydroxylation is 3. The van der Waals surface area contributed by atoms with Gasteiger partial charge in [-0.15, -0.1) is 0 Å². The fourth-order valence-electron chi connectivity index (χ4n) is 2.28. The molecule has 0 aliphatic rings. The summed E-state index contributed by atoms with van der Waals surface area (Å²) in [6.45, 7) is 6.11. The molecule has 104 valence electrons. The van der Waals surface area contributed by atoms with E-state index in [1.165, 1.54) is 5.56 Å². The Kier molecular flexibility index (Phi) is 4.61. The Morgan fingerprint density at radius 3 is 2.35 bits per heavy atom. The van der Waals surface area contributed by atoms with Crippen molar-refractivity contribution >= 4 is 21.7 Å². The Balaban J connectivity index is 2.11. The number of hydrogen-bond acceptors (Lipinski definition) is 2. The van der Waals surface area contributed by atoms with Gasteiger partial charge in [-0.25, -0.2) is 0 Å². The van der Waals surface area contributed by atoms with Gasteiger partial charge >= 0.3 is 0 Å². The van der Waals surface area contributed by atoms with Crippen LogP contribution in [0, 0.1) is 20.8 Å². The summed E-state index contributed by atoms with van der Waals surface area (Å²) in [6, 6.07) is 11.5. The van der Waals surface area contributed by atoms with Gasteiger partial charge in [0, 0.05) is 10.0 Å². The topological polar surface area (TPSA) is 26.3 Å². The van der Waals surface area contributed by atoms with E-state index in [4.69, 9.17) is 4.74 Å². The normalized spacial score (nSPS) is 10.4. The van der Waals surface area contributed by atoms with Crippen LogP contribution in [0.5, 0.6) is 5.75 Å². The van der Waals surface area contributed by atoms with Gasteiger partial charge in [0.05, 0.1) is 0 Å². The minimum Gasteiger partial charge on any atom is -0.485 e. The summed E-state index contributed by atoms with van der Waals surface area (Å²) >= 11 is 3.36. The van der Waals surface area contributed by atoms with Crippen molar-refractivity contribution in [2.75, 3.05) is 6.61 Å². The number of benzene rings is 2. The summed E-state index contributed by atoms with van der Waals surface area (Å²) in [6.07, 6.45) is 0. The highest BCUT2D eigenvalue weighted by molar-refractivity contribution is 9.10. The summed E-state index contributed by atoms with van der Waals surface area (Å²) in [5, 5.41) is 0. The van der Waals surface area contributed by atoms with Crippen LogP contribution < -0.4 is 4.74 Å². The van der Waals surface area contributed by atoms with Gasteiger partial charge in [-0.2, -0.15) is 0 Å². The number of ketones is 1. The standard InChI is InChI=1S/C17H17BrO2/c1-11-7-12(2)17(13(3)8-11)20-10-16(19)14-5-4-6-15(18)9-14/h4-9H,10H2,1-3H3. The molecule has 0 aliphatic heterocycles. The van der Waals surface area contributed by atoms with E-state index in [1.807, 2.05) is 26.0 Å². The molecule has 0 saturated heterocycles. The quantitative estimate of drug-likeness (QED) is 0.762. The third-order valence-corrected chi connectivity index (χ3v) is 3.59. The molecule has 0 amide bonds. The van der Waals surface area contributed by atoms with Crippen LogP contribution >= 0.6 is 15.9 Å². The van der Waals surface area contributed by atoms with Gasteiger partial charge in [0.2, 0.25) is 0 Å². The first-order chi connectivity index (χ1) is 9.47. The lowest BCUT2D eigenvalue weighted by Gasteiger charge is -2.12. The van der Waals surface area contributed by atoms with Gasteiger partial charge in [0.25, 0.3) is 0 Å². The Morgan fingerprint density at radius 2 is 1.75 bits per heavy atom. The molecular formula is C17H17BrO2. The molecule has 0 N–H and O–H groups in total. The zero-order chi connectivity index (χ0) is 14.7. The molecule has 2 aromatic carbocycles. The van der Waals surface area contributed by atoms with Crippen molar-refractivity contribution in [3.8, 4) is 5.75 Å². The van der Waals surface area contributed by atoms with Crippen LogP contribution in [0.15, 0.2) is 40.9 Å². The van der Waals surface area contributed by atoms with Crippen LogP contribution in [-0.2, 0) is 0 Å². The summed E-state index contributed by atoms with van der Waals surface area (Å²) < 4.78 is 6.61. The number of ether oxygens (including phenoxy) is 1. The zero-order valence-corrected chi connectivity index (χ0v) is 13.5. The number of rotatable bonds is 4. The third-order valence-electron chi connectivity index (χ3n) is 3.10. The SMILES string of the molecule is Cc1cc(C)c(OCC(=O)c2cccc(Br)c2)c(C)c1. The monoisotopic (exact) mass is 332 g/mol. The molecule has 20 heavy (non-hydrogen) atoms. The van der Waals surface area contributed by atoms with Crippen molar-refractivity contribution in [1.82, 2.24) is 0 Å². The Hall–Kier alpha value is -1.61. The van der Waals surface area contributed by atoms with Crippen molar-refractivity contribution in [3.05, 3.63) is 63.1 Å². The summed E-state index contributed by atoms with van der Waals surface area (Å²) in [5.41, 5.74) is 3.97. The highest BCUT2D eigenvalue weighted by Crippen LogP contribution is 2.24. The molecule has 0 fully saturated rings. The Labute approximate surface area is 127 Å². The van der Waals surface area contributed by atoms with Crippen molar-refractivity contribution < 1.29 is 9.53 Å². The van der Waals surface area contributed by atoms with Gasteiger partial charge in [0.1, 0.15) is 5.75 Å². The molecule has 0 aliphatic carbocycles. The molecule has 0 radical (unpaired) electrons. The molecule has 0 atom stereocenters. The van der Waals surface area contributed by atoms with E-state index < -0.39 is 0 Å². The average molecular weight is 333 g/mol. The highest BCUT2D eigenvalue weighted by Gasteiger charge is 2.10. The van der Waals surface area contributed by atoms with Crippen LogP contribution in [0.2, 0.25) is 0 Å². The van der Waals surface area contributed by atoms with E-state index in [-0.39, 0.29) is 12.4 Å². The van der Waals surface area contributed by atoms with E-state index in [1.54, 1.807) is 12.1 Å². The van der Waals surface area contributed by atoms with Crippen LogP contribution in [-0.4, -0.2) is 12.4 Å². The van der Waals surface area contributed by atoms with Crippen molar-refractivity contribution in [1.29, 1.82) is 0 Å². The lowest BCUT2D eigenvalue weighted by Crippen LogP contribution is -2.12. The fourth-order valence-corrected chi connectivity index (χ4v) is 2.68. The average Bonchev–Trinajstić information content (AvgIpc) is 2.37. The lowest BCUT2D eigenvalue weighted by molar-refractivity contribution is 0.0920. The van der Waals surface area contributed by atoms with Crippen LogP contribution in [0.1, 0.15) is 27.0 Å². The minimum atomic E-state index is -0.0225. The first-order valence-corrected chi connectivity index (χ1v) is 7.26. The maximum atomic E-state index is 12.1. The number of Topliss-reactive ketones (excluding diaryl/α,β-unsaturated/α-hetero) is 1. The van der Waals surface area contributed by atoms with Gasteiger partial charge in [-0.3, -0.25) is 4.79 Å². The van der Waals surface area contributed by atoms with E-state index in [9.17, 15) is 4.79 Å². The van der Waals surface area contributed by atoms with E-state index in [0.29, 0.717) is 5.56 Å². The summed E-state index contributed by atoms with van der Waals surface area (Å²) in [4.78, 5) is 12.1. The molecule has 0 unspecified atom stereocenters. The van der Waals surface area contributed by atoms with Crippen molar-refractivity contribution in [2.24, 2.45) is 0 Å². The highest BCUT2D eigenvalue weighted by atomic mass is 79.9. The minimum absolute atomic E-state index is 0.0225. The van der Waals surface area contributed by atoms with E-state index >= 15 is 0 Å². The van der Waals surface area contributed by atoms with E-state index in [0.717, 1.165) is 21.3 Å². The molecule has 0 heterocycles. The van der Waals surface area contributed by atoms with Crippen LogP contribution in [0.4, 0.5) is 0 Å². The predicted octanol–water partition coefficient (Wildman–Crippen LogP) is 4.64. The van der Waals surface area contributed by atoms with Crippen molar-refractivity contribution in [2.45, 2.75) is 20.8 Å². The molecule has 0 bridgehead atoms. The third kappa shape index (κ3) is 3.48. The lowest BCUT2D eigenvalue weighted by atomic mass is 10.1. The van der Waals surface area contributed by atoms with Gasteiger partial charge in [0.15, 0.2) is 12.4 Å². The zero-order valence-electron chi connectivity index (χ0n) is 11.9. The second-order valence-electron chi connectivity index (χ2n) is 4.95. The van der Waals surface area contributed by atoms with Crippen LogP contribution in [0.25, 0.3) is 0 Å². The Morgan fingerprint density at radius 1 is 1.10 bits per heavy atom. The molecule has 0 spiro atoms. The second-order valence-corrected chi connectivity index (χ2v) is 5.87.